The maximum absolute atomic E-state index is 12.8. The standard InChI is InChI=1S/C20H17N5O2/c26-20(14-3-8-21-9-4-14)24-10-5-16(12-24)25-18(15-6-11-27-13-15)23-17-2-1-7-22-19(17)25/h1-4,6-9,11,13,16H,5,10,12H2. The molecule has 5 rings (SSSR count). The van der Waals surface area contributed by atoms with Crippen LogP contribution in [0.15, 0.2) is 65.9 Å². The Morgan fingerprint density at radius 3 is 2.85 bits per heavy atom. The third-order valence-electron chi connectivity index (χ3n) is 4.97. The van der Waals surface area contributed by atoms with E-state index < -0.39 is 0 Å². The van der Waals surface area contributed by atoms with Crippen molar-refractivity contribution in [3.05, 3.63) is 67.0 Å². The fourth-order valence-corrected chi connectivity index (χ4v) is 3.68. The minimum atomic E-state index is 0.0298. The van der Waals surface area contributed by atoms with Gasteiger partial charge in [0.05, 0.1) is 17.9 Å². The molecule has 0 aliphatic carbocycles. The first kappa shape index (κ1) is 15.7. The molecule has 1 unspecified atom stereocenters. The van der Waals surface area contributed by atoms with Gasteiger partial charge in [0.15, 0.2) is 5.65 Å². The number of hydrogen-bond donors (Lipinski definition) is 0. The number of likely N-dealkylation sites (tertiary alicyclic amines) is 1. The Bertz CT molecular complexity index is 1090. The van der Waals surface area contributed by atoms with Crippen molar-refractivity contribution in [2.24, 2.45) is 0 Å². The Hall–Kier alpha value is -3.48. The van der Waals surface area contributed by atoms with E-state index in [4.69, 9.17) is 9.40 Å². The number of nitrogens with zero attached hydrogens (tertiary/aromatic N) is 5. The van der Waals surface area contributed by atoms with Crippen LogP contribution in [0.4, 0.5) is 0 Å². The summed E-state index contributed by atoms with van der Waals surface area (Å²) in [6.45, 7) is 1.32. The number of carbonyl (C=O) groups excluding carboxylic acids is 1. The Kier molecular flexibility index (Phi) is 3.71. The average Bonchev–Trinajstić information content (AvgIpc) is 3.46. The van der Waals surface area contributed by atoms with Crippen LogP contribution in [-0.4, -0.2) is 43.4 Å². The van der Waals surface area contributed by atoms with Crippen LogP contribution >= 0.6 is 0 Å². The Labute approximate surface area is 155 Å². The minimum absolute atomic E-state index is 0.0298. The molecule has 0 bridgehead atoms. The molecule has 0 radical (unpaired) electrons. The monoisotopic (exact) mass is 359 g/mol. The summed E-state index contributed by atoms with van der Waals surface area (Å²) in [5.41, 5.74) is 3.24. The third-order valence-corrected chi connectivity index (χ3v) is 4.97. The smallest absolute Gasteiger partial charge is 0.254 e. The van der Waals surface area contributed by atoms with Gasteiger partial charge in [-0.05, 0) is 36.8 Å². The second-order valence-corrected chi connectivity index (χ2v) is 6.59. The van der Waals surface area contributed by atoms with E-state index in [1.165, 1.54) is 0 Å². The van der Waals surface area contributed by atoms with Gasteiger partial charge < -0.3 is 13.9 Å². The molecule has 1 saturated heterocycles. The second kappa shape index (κ2) is 6.35. The van der Waals surface area contributed by atoms with Crippen LogP contribution in [0.1, 0.15) is 22.8 Å². The zero-order valence-electron chi connectivity index (χ0n) is 14.5. The molecule has 5 heterocycles. The van der Waals surface area contributed by atoms with Crippen LogP contribution in [0.3, 0.4) is 0 Å². The normalized spacial score (nSPS) is 16.9. The van der Waals surface area contributed by atoms with E-state index in [-0.39, 0.29) is 11.9 Å². The van der Waals surface area contributed by atoms with E-state index in [1.54, 1.807) is 43.2 Å². The number of imidazole rings is 1. The van der Waals surface area contributed by atoms with E-state index in [2.05, 4.69) is 14.5 Å². The number of aromatic nitrogens is 4. The van der Waals surface area contributed by atoms with Gasteiger partial charge in [0, 0.05) is 37.2 Å². The van der Waals surface area contributed by atoms with Gasteiger partial charge in [-0.2, -0.15) is 0 Å². The van der Waals surface area contributed by atoms with Gasteiger partial charge in [-0.3, -0.25) is 9.78 Å². The van der Waals surface area contributed by atoms with E-state index in [0.717, 1.165) is 29.0 Å². The molecule has 0 spiro atoms. The van der Waals surface area contributed by atoms with Crippen LogP contribution in [0.2, 0.25) is 0 Å². The third kappa shape index (κ3) is 2.68. The molecule has 0 N–H and O–H groups in total. The van der Waals surface area contributed by atoms with Crippen LogP contribution in [0.25, 0.3) is 22.6 Å². The van der Waals surface area contributed by atoms with Gasteiger partial charge in [-0.15, -0.1) is 0 Å². The van der Waals surface area contributed by atoms with Crippen molar-refractivity contribution in [2.45, 2.75) is 12.5 Å². The van der Waals surface area contributed by atoms with E-state index in [0.29, 0.717) is 18.7 Å². The number of pyridine rings is 2. The number of amides is 1. The maximum Gasteiger partial charge on any atom is 0.254 e. The number of fused-ring (bicyclic) bond motifs is 1. The molecule has 7 heteroatoms. The predicted octanol–water partition coefficient (Wildman–Crippen LogP) is 3.17. The van der Waals surface area contributed by atoms with Crippen molar-refractivity contribution in [3.63, 3.8) is 0 Å². The lowest BCUT2D eigenvalue weighted by Gasteiger charge is -2.18. The first-order chi connectivity index (χ1) is 13.3. The fraction of sp³-hybridized carbons (Fsp3) is 0.200. The van der Waals surface area contributed by atoms with Crippen molar-refractivity contribution < 1.29 is 9.21 Å². The summed E-state index contributed by atoms with van der Waals surface area (Å²) < 4.78 is 7.39. The minimum Gasteiger partial charge on any atom is -0.472 e. The molecule has 1 amide bonds. The SMILES string of the molecule is O=C(c1ccncc1)N1CCC(n2c(-c3ccoc3)nc3cccnc32)C1. The molecular formula is C20H17N5O2. The highest BCUT2D eigenvalue weighted by Gasteiger charge is 2.31. The van der Waals surface area contributed by atoms with E-state index in [1.807, 2.05) is 23.1 Å². The first-order valence-corrected chi connectivity index (χ1v) is 8.86. The quantitative estimate of drug-likeness (QED) is 0.561. The van der Waals surface area contributed by atoms with Crippen molar-refractivity contribution in [2.75, 3.05) is 13.1 Å². The highest BCUT2D eigenvalue weighted by atomic mass is 16.3. The summed E-state index contributed by atoms with van der Waals surface area (Å²) in [5.74, 6) is 0.850. The van der Waals surface area contributed by atoms with Gasteiger partial charge in [-0.1, -0.05) is 0 Å². The first-order valence-electron chi connectivity index (χ1n) is 8.86. The molecule has 27 heavy (non-hydrogen) atoms. The van der Waals surface area contributed by atoms with Gasteiger partial charge in [0.25, 0.3) is 5.91 Å². The zero-order valence-corrected chi connectivity index (χ0v) is 14.5. The lowest BCUT2D eigenvalue weighted by Crippen LogP contribution is -2.29. The summed E-state index contributed by atoms with van der Waals surface area (Å²) in [5, 5.41) is 0. The molecule has 4 aromatic heterocycles. The summed E-state index contributed by atoms with van der Waals surface area (Å²) in [6, 6.07) is 9.35. The highest BCUT2D eigenvalue weighted by molar-refractivity contribution is 5.94. The molecule has 1 atom stereocenters. The lowest BCUT2D eigenvalue weighted by molar-refractivity contribution is 0.0788. The molecule has 4 aromatic rings. The zero-order chi connectivity index (χ0) is 18.2. The molecule has 1 fully saturated rings. The molecular weight excluding hydrogens is 342 g/mol. The van der Waals surface area contributed by atoms with Gasteiger partial charge in [-0.25, -0.2) is 9.97 Å². The van der Waals surface area contributed by atoms with E-state index in [9.17, 15) is 4.79 Å². The number of carbonyl (C=O) groups is 1. The summed E-state index contributed by atoms with van der Waals surface area (Å²) in [4.78, 5) is 27.9. The number of furan rings is 1. The molecule has 134 valence electrons. The molecule has 0 aromatic carbocycles. The highest BCUT2D eigenvalue weighted by Crippen LogP contribution is 2.32. The maximum atomic E-state index is 12.8. The fourth-order valence-electron chi connectivity index (χ4n) is 3.68. The van der Waals surface area contributed by atoms with Crippen molar-refractivity contribution in [1.29, 1.82) is 0 Å². The molecule has 1 aliphatic heterocycles. The average molecular weight is 359 g/mol. The largest absolute Gasteiger partial charge is 0.472 e. The van der Waals surface area contributed by atoms with Crippen molar-refractivity contribution >= 4 is 17.1 Å². The van der Waals surface area contributed by atoms with Gasteiger partial charge in [0.2, 0.25) is 0 Å². The van der Waals surface area contributed by atoms with Crippen LogP contribution in [-0.2, 0) is 0 Å². The van der Waals surface area contributed by atoms with Gasteiger partial charge in [0.1, 0.15) is 17.6 Å². The lowest BCUT2D eigenvalue weighted by atomic mass is 10.2. The predicted molar refractivity (Wildman–Crippen MR) is 99.0 cm³/mol. The van der Waals surface area contributed by atoms with Crippen molar-refractivity contribution in [1.82, 2.24) is 24.4 Å². The van der Waals surface area contributed by atoms with Crippen LogP contribution < -0.4 is 0 Å². The summed E-state index contributed by atoms with van der Waals surface area (Å²) in [7, 11) is 0. The number of hydrogen-bond acceptors (Lipinski definition) is 5. The Balaban J connectivity index is 1.51. The molecule has 0 saturated carbocycles. The van der Waals surface area contributed by atoms with Crippen LogP contribution in [0.5, 0.6) is 0 Å². The summed E-state index contributed by atoms with van der Waals surface area (Å²) in [6.07, 6.45) is 9.24. The van der Waals surface area contributed by atoms with Crippen molar-refractivity contribution in [3.8, 4) is 11.4 Å². The van der Waals surface area contributed by atoms with Crippen LogP contribution in [0, 0.1) is 0 Å². The number of rotatable bonds is 3. The second-order valence-electron chi connectivity index (χ2n) is 6.59. The summed E-state index contributed by atoms with van der Waals surface area (Å²) >= 11 is 0. The molecule has 1 aliphatic rings. The molecule has 7 nitrogen and oxygen atoms in total. The van der Waals surface area contributed by atoms with E-state index >= 15 is 0 Å². The topological polar surface area (TPSA) is 77.0 Å². The van der Waals surface area contributed by atoms with Gasteiger partial charge >= 0.3 is 0 Å². The Morgan fingerprint density at radius 2 is 2.04 bits per heavy atom. The Morgan fingerprint density at radius 1 is 1.15 bits per heavy atom.